The Morgan fingerprint density at radius 3 is 2.59 bits per heavy atom. The van der Waals surface area contributed by atoms with Crippen molar-refractivity contribution in [2.75, 3.05) is 6.79 Å². The van der Waals surface area contributed by atoms with E-state index in [9.17, 15) is 0 Å². The zero-order chi connectivity index (χ0) is 12.5. The molecule has 1 aromatic carbocycles. The third-order valence-corrected chi connectivity index (χ3v) is 3.92. The molecule has 0 radical (unpaired) electrons. The van der Waals surface area contributed by atoms with Crippen molar-refractivity contribution in [2.45, 2.75) is 39.3 Å². The van der Waals surface area contributed by atoms with Gasteiger partial charge in [0.25, 0.3) is 0 Å². The molecular weight excluding hydrogens is 282 g/mol. The smallest absolute Gasteiger partial charge is 0.231 e. The van der Waals surface area contributed by atoms with Crippen molar-refractivity contribution in [3.8, 4) is 11.5 Å². The molecule has 1 aliphatic heterocycles. The molecule has 0 amide bonds. The molecule has 1 heterocycles. The highest BCUT2D eigenvalue weighted by atomic mass is 79.9. The van der Waals surface area contributed by atoms with Gasteiger partial charge in [-0.1, -0.05) is 22.9 Å². The number of fused-ring (bicyclic) bond motifs is 1. The molecule has 0 spiro atoms. The lowest BCUT2D eigenvalue weighted by Gasteiger charge is -2.25. The first kappa shape index (κ1) is 12.7. The molecule has 0 bridgehead atoms. The summed E-state index contributed by atoms with van der Waals surface area (Å²) in [5.41, 5.74) is 1.34. The van der Waals surface area contributed by atoms with Crippen LogP contribution < -0.4 is 14.8 Å². The Morgan fingerprint density at radius 1 is 1.29 bits per heavy atom. The summed E-state index contributed by atoms with van der Waals surface area (Å²) in [4.78, 5) is 0. The lowest BCUT2D eigenvalue weighted by atomic mass is 10.0. The molecule has 1 aromatic rings. The van der Waals surface area contributed by atoms with Crippen molar-refractivity contribution in [3.63, 3.8) is 0 Å². The predicted octanol–water partition coefficient (Wildman–Crippen LogP) is 3.46. The minimum absolute atomic E-state index is 0.149. The van der Waals surface area contributed by atoms with E-state index >= 15 is 0 Å². The van der Waals surface area contributed by atoms with Gasteiger partial charge in [0.15, 0.2) is 11.5 Å². The van der Waals surface area contributed by atoms with E-state index in [2.05, 4.69) is 42.0 Å². The molecule has 2 rings (SSSR count). The zero-order valence-electron chi connectivity index (χ0n) is 10.5. The maximum atomic E-state index is 5.38. The topological polar surface area (TPSA) is 30.5 Å². The molecule has 0 fully saturated rings. The number of nitrogens with one attached hydrogen (secondary N) is 1. The lowest BCUT2D eigenvalue weighted by molar-refractivity contribution is 0.174. The van der Waals surface area contributed by atoms with Crippen LogP contribution in [0.5, 0.6) is 11.5 Å². The van der Waals surface area contributed by atoms with Crippen LogP contribution in [0.3, 0.4) is 0 Å². The maximum absolute atomic E-state index is 5.38. The van der Waals surface area contributed by atoms with Crippen LogP contribution in [0.1, 0.15) is 32.8 Å². The summed E-state index contributed by atoms with van der Waals surface area (Å²) in [6.07, 6.45) is 1.09. The van der Waals surface area contributed by atoms with Crippen LogP contribution in [0.15, 0.2) is 16.6 Å². The molecule has 94 valence electrons. The average molecular weight is 300 g/mol. The Labute approximate surface area is 111 Å². The normalized spacial score (nSPS) is 14.1. The van der Waals surface area contributed by atoms with Gasteiger partial charge in [0.1, 0.15) is 0 Å². The monoisotopic (exact) mass is 299 g/mol. The first-order chi connectivity index (χ1) is 8.02. The molecule has 4 heteroatoms. The Kier molecular flexibility index (Phi) is 3.64. The van der Waals surface area contributed by atoms with Crippen molar-refractivity contribution < 1.29 is 9.47 Å². The first-order valence-corrected chi connectivity index (χ1v) is 6.64. The van der Waals surface area contributed by atoms with E-state index in [1.807, 2.05) is 12.1 Å². The summed E-state index contributed by atoms with van der Waals surface area (Å²) in [6.45, 7) is 7.72. The third kappa shape index (κ3) is 2.93. The summed E-state index contributed by atoms with van der Waals surface area (Å²) in [5, 5.41) is 3.53. The molecule has 0 saturated carbocycles. The van der Waals surface area contributed by atoms with Gasteiger partial charge in [0.2, 0.25) is 6.79 Å². The second kappa shape index (κ2) is 4.86. The van der Waals surface area contributed by atoms with Crippen molar-refractivity contribution in [1.82, 2.24) is 5.32 Å². The van der Waals surface area contributed by atoms with E-state index < -0.39 is 0 Å². The van der Waals surface area contributed by atoms with Crippen molar-refractivity contribution in [2.24, 2.45) is 0 Å². The van der Waals surface area contributed by atoms with Gasteiger partial charge < -0.3 is 14.8 Å². The second-order valence-electron chi connectivity index (χ2n) is 4.89. The molecule has 17 heavy (non-hydrogen) atoms. The summed E-state index contributed by atoms with van der Waals surface area (Å²) in [6, 6.07) is 4.00. The highest BCUT2D eigenvalue weighted by molar-refractivity contribution is 9.10. The number of ether oxygens (including phenoxy) is 2. The highest BCUT2D eigenvalue weighted by Gasteiger charge is 2.18. The fourth-order valence-corrected chi connectivity index (χ4v) is 2.02. The van der Waals surface area contributed by atoms with Gasteiger partial charge in [-0.25, -0.2) is 0 Å². The molecular formula is C13H18BrNO2. The minimum atomic E-state index is 0.149. The fraction of sp³-hybridized carbons (Fsp3) is 0.538. The van der Waals surface area contributed by atoms with Crippen LogP contribution in [-0.4, -0.2) is 12.3 Å². The second-order valence-corrected chi connectivity index (χ2v) is 5.74. The number of halogens is 1. The molecule has 1 N–H and O–H groups in total. The Balaban J connectivity index is 2.11. The van der Waals surface area contributed by atoms with E-state index in [1.165, 1.54) is 5.56 Å². The molecule has 0 atom stereocenters. The number of hydrogen-bond donors (Lipinski definition) is 1. The van der Waals surface area contributed by atoms with Gasteiger partial charge in [-0.05, 0) is 38.0 Å². The van der Waals surface area contributed by atoms with Crippen molar-refractivity contribution in [1.29, 1.82) is 0 Å². The summed E-state index contributed by atoms with van der Waals surface area (Å²) in [5.74, 6) is 1.65. The van der Waals surface area contributed by atoms with Gasteiger partial charge in [-0.2, -0.15) is 0 Å². The average Bonchev–Trinajstić information content (AvgIpc) is 2.73. The largest absolute Gasteiger partial charge is 0.454 e. The Hall–Kier alpha value is -0.740. The lowest BCUT2D eigenvalue weighted by Crippen LogP contribution is -2.37. The van der Waals surface area contributed by atoms with Crippen LogP contribution in [0.2, 0.25) is 0 Å². The zero-order valence-corrected chi connectivity index (χ0v) is 12.1. The van der Waals surface area contributed by atoms with Crippen LogP contribution in [0.4, 0.5) is 0 Å². The van der Waals surface area contributed by atoms with Crippen LogP contribution >= 0.6 is 15.9 Å². The van der Waals surface area contributed by atoms with Crippen LogP contribution in [-0.2, 0) is 6.54 Å². The van der Waals surface area contributed by atoms with E-state index in [-0.39, 0.29) is 5.54 Å². The van der Waals surface area contributed by atoms with E-state index in [1.54, 1.807) is 0 Å². The van der Waals surface area contributed by atoms with Gasteiger partial charge in [0, 0.05) is 16.6 Å². The molecule has 0 saturated heterocycles. The standard InChI is InChI=1S/C13H18BrNO2/c1-4-13(2,3)15-7-9-5-11-12(6-10(9)14)17-8-16-11/h5-6,15H,4,7-8H2,1-3H3. The van der Waals surface area contributed by atoms with Gasteiger partial charge in [0.05, 0.1) is 0 Å². The number of hydrogen-bond acceptors (Lipinski definition) is 3. The number of benzene rings is 1. The Bertz CT molecular complexity index is 418. The van der Waals surface area contributed by atoms with Gasteiger partial charge in [-0.15, -0.1) is 0 Å². The number of rotatable bonds is 4. The molecule has 0 unspecified atom stereocenters. The summed E-state index contributed by atoms with van der Waals surface area (Å²) < 4.78 is 11.8. The van der Waals surface area contributed by atoms with Gasteiger partial charge >= 0.3 is 0 Å². The van der Waals surface area contributed by atoms with Gasteiger partial charge in [-0.3, -0.25) is 0 Å². The van der Waals surface area contributed by atoms with E-state index in [0.717, 1.165) is 28.9 Å². The quantitative estimate of drug-likeness (QED) is 0.924. The Morgan fingerprint density at radius 2 is 1.94 bits per heavy atom. The predicted molar refractivity (Wildman–Crippen MR) is 71.5 cm³/mol. The summed E-state index contributed by atoms with van der Waals surface area (Å²) >= 11 is 3.56. The van der Waals surface area contributed by atoms with Crippen molar-refractivity contribution in [3.05, 3.63) is 22.2 Å². The fourth-order valence-electron chi connectivity index (χ4n) is 1.55. The molecule has 3 nitrogen and oxygen atoms in total. The summed E-state index contributed by atoms with van der Waals surface area (Å²) in [7, 11) is 0. The highest BCUT2D eigenvalue weighted by Crippen LogP contribution is 2.37. The first-order valence-electron chi connectivity index (χ1n) is 5.85. The van der Waals surface area contributed by atoms with Crippen LogP contribution in [0.25, 0.3) is 0 Å². The third-order valence-electron chi connectivity index (χ3n) is 3.18. The SMILES string of the molecule is CCC(C)(C)NCc1cc2c(cc1Br)OCO2. The van der Waals surface area contributed by atoms with Crippen molar-refractivity contribution >= 4 is 15.9 Å². The molecule has 1 aliphatic rings. The van der Waals surface area contributed by atoms with E-state index in [4.69, 9.17) is 9.47 Å². The van der Waals surface area contributed by atoms with Crippen LogP contribution in [0, 0.1) is 0 Å². The molecule has 0 aromatic heterocycles. The maximum Gasteiger partial charge on any atom is 0.231 e. The van der Waals surface area contributed by atoms with E-state index in [0.29, 0.717) is 6.79 Å². The molecule has 0 aliphatic carbocycles. The minimum Gasteiger partial charge on any atom is -0.454 e.